The van der Waals surface area contributed by atoms with E-state index in [1.165, 1.54) is 21.6 Å². The van der Waals surface area contributed by atoms with Crippen molar-refractivity contribution in [2.75, 3.05) is 11.5 Å². The Morgan fingerprint density at radius 1 is 1.11 bits per heavy atom. The number of benzene rings is 1. The Morgan fingerprint density at radius 2 is 1.94 bits per heavy atom. The van der Waals surface area contributed by atoms with Gasteiger partial charge >= 0.3 is 0 Å². The lowest BCUT2D eigenvalue weighted by atomic mass is 10.1. The Balaban J connectivity index is 2.15. The number of aromatic nitrogens is 2. The van der Waals surface area contributed by atoms with Gasteiger partial charge in [0.25, 0.3) is 0 Å². The van der Waals surface area contributed by atoms with Gasteiger partial charge in [0.05, 0.1) is 5.39 Å². The molecule has 0 amide bonds. The van der Waals surface area contributed by atoms with Crippen molar-refractivity contribution in [3.63, 3.8) is 0 Å². The molecule has 1 aromatic carbocycles. The maximum absolute atomic E-state index is 6.01. The summed E-state index contributed by atoms with van der Waals surface area (Å²) >= 11 is 1.66. The number of anilines is 2. The van der Waals surface area contributed by atoms with Crippen LogP contribution in [0.25, 0.3) is 21.3 Å². The second-order valence-corrected chi connectivity index (χ2v) is 5.46. The first kappa shape index (κ1) is 9.85. The van der Waals surface area contributed by atoms with Crippen LogP contribution in [0.4, 0.5) is 11.8 Å². The van der Waals surface area contributed by atoms with Crippen LogP contribution >= 0.6 is 11.3 Å². The number of hydrogen-bond donors (Lipinski definition) is 2. The third-order valence-corrected chi connectivity index (χ3v) is 4.39. The smallest absolute Gasteiger partial charge is 0.223 e. The van der Waals surface area contributed by atoms with E-state index >= 15 is 0 Å². The lowest BCUT2D eigenvalue weighted by molar-refractivity contribution is 1.26. The third kappa shape index (κ3) is 1.14. The van der Waals surface area contributed by atoms with Gasteiger partial charge < -0.3 is 11.5 Å². The molecule has 3 aromatic rings. The van der Waals surface area contributed by atoms with Gasteiger partial charge in [0.2, 0.25) is 5.95 Å². The van der Waals surface area contributed by atoms with Crippen molar-refractivity contribution >= 4 is 33.3 Å². The van der Waals surface area contributed by atoms with Gasteiger partial charge in [0, 0.05) is 16.9 Å². The highest BCUT2D eigenvalue weighted by atomic mass is 32.1. The van der Waals surface area contributed by atoms with Gasteiger partial charge in [-0.3, -0.25) is 0 Å². The van der Waals surface area contributed by atoms with Crippen LogP contribution < -0.4 is 11.5 Å². The molecule has 4 nitrogen and oxygen atoms in total. The lowest BCUT2D eigenvalue weighted by Gasteiger charge is -2.02. The molecule has 0 unspecified atom stereocenters. The number of thiophene rings is 1. The summed E-state index contributed by atoms with van der Waals surface area (Å²) in [6, 6.07) is 8.40. The molecule has 5 heteroatoms. The van der Waals surface area contributed by atoms with Gasteiger partial charge in [0.1, 0.15) is 10.6 Å². The Kier molecular flexibility index (Phi) is 1.75. The number of hydrogen-bond acceptors (Lipinski definition) is 5. The Labute approximate surface area is 107 Å². The van der Waals surface area contributed by atoms with Crippen LogP contribution in [0.1, 0.15) is 10.4 Å². The molecule has 88 valence electrons. The highest BCUT2D eigenvalue weighted by Crippen LogP contribution is 2.47. The quantitative estimate of drug-likeness (QED) is 0.505. The molecule has 2 heterocycles. The van der Waals surface area contributed by atoms with E-state index in [2.05, 4.69) is 28.2 Å². The highest BCUT2D eigenvalue weighted by molar-refractivity contribution is 7.19. The molecule has 0 bridgehead atoms. The summed E-state index contributed by atoms with van der Waals surface area (Å²) in [6.07, 6.45) is 0.950. The summed E-state index contributed by atoms with van der Waals surface area (Å²) in [4.78, 5) is 10.5. The standard InChI is InChI=1S/C13H10N4S/c14-11-10-9-7-4-2-1-3-6(7)5-8(9)18-12(10)17-13(15)16-11/h1-4H,5H2,(H4,14,15,16,17). The molecule has 4 N–H and O–H groups in total. The van der Waals surface area contributed by atoms with Crippen molar-refractivity contribution in [1.82, 2.24) is 9.97 Å². The van der Waals surface area contributed by atoms with E-state index in [1.807, 2.05) is 6.07 Å². The highest BCUT2D eigenvalue weighted by Gasteiger charge is 2.25. The van der Waals surface area contributed by atoms with Gasteiger partial charge in [-0.05, 0) is 11.1 Å². The van der Waals surface area contributed by atoms with Crippen LogP contribution in [0.5, 0.6) is 0 Å². The summed E-state index contributed by atoms with van der Waals surface area (Å²) in [5.74, 6) is 0.722. The summed E-state index contributed by atoms with van der Waals surface area (Å²) in [6.45, 7) is 0. The minimum atomic E-state index is 0.244. The molecule has 0 spiro atoms. The molecule has 1 aliphatic carbocycles. The van der Waals surface area contributed by atoms with Crippen molar-refractivity contribution in [1.29, 1.82) is 0 Å². The maximum atomic E-state index is 6.01. The SMILES string of the molecule is Nc1nc(N)c2c3c(sc2n1)Cc1ccccc1-3. The number of nitrogens with zero attached hydrogens (tertiary/aromatic N) is 2. The normalized spacial score (nSPS) is 12.7. The average Bonchev–Trinajstić information content (AvgIpc) is 2.83. The van der Waals surface area contributed by atoms with Crippen LogP contribution in [0.3, 0.4) is 0 Å². The molecule has 0 radical (unpaired) electrons. The van der Waals surface area contributed by atoms with Gasteiger partial charge in [-0.2, -0.15) is 4.98 Å². The summed E-state index contributed by atoms with van der Waals surface area (Å²) in [7, 11) is 0. The molecular formula is C13H10N4S. The second kappa shape index (κ2) is 3.20. The van der Waals surface area contributed by atoms with Crippen molar-refractivity contribution in [2.45, 2.75) is 6.42 Å². The minimum Gasteiger partial charge on any atom is -0.383 e. The number of nitrogen functional groups attached to an aromatic ring is 2. The lowest BCUT2D eigenvalue weighted by Crippen LogP contribution is -1.99. The van der Waals surface area contributed by atoms with E-state index in [0.717, 1.165) is 16.6 Å². The third-order valence-electron chi connectivity index (χ3n) is 3.31. The predicted octanol–water partition coefficient (Wildman–Crippen LogP) is 2.43. The first-order chi connectivity index (χ1) is 8.74. The monoisotopic (exact) mass is 254 g/mol. The number of rotatable bonds is 0. The van der Waals surface area contributed by atoms with Crippen LogP contribution in [0.15, 0.2) is 24.3 Å². The molecule has 0 saturated heterocycles. The van der Waals surface area contributed by atoms with Gasteiger partial charge in [0.15, 0.2) is 0 Å². The largest absolute Gasteiger partial charge is 0.383 e. The van der Waals surface area contributed by atoms with Gasteiger partial charge in [-0.1, -0.05) is 24.3 Å². The first-order valence-corrected chi connectivity index (χ1v) is 6.48. The molecule has 2 aromatic heterocycles. The summed E-state index contributed by atoms with van der Waals surface area (Å²) < 4.78 is 0. The summed E-state index contributed by atoms with van der Waals surface area (Å²) in [5.41, 5.74) is 15.4. The molecule has 0 saturated carbocycles. The van der Waals surface area contributed by atoms with Crippen molar-refractivity contribution in [3.8, 4) is 11.1 Å². The van der Waals surface area contributed by atoms with Crippen molar-refractivity contribution in [3.05, 3.63) is 34.7 Å². The fourth-order valence-electron chi connectivity index (χ4n) is 2.59. The topological polar surface area (TPSA) is 77.8 Å². The van der Waals surface area contributed by atoms with E-state index in [-0.39, 0.29) is 5.95 Å². The van der Waals surface area contributed by atoms with Crippen LogP contribution in [0, 0.1) is 0 Å². The Hall–Kier alpha value is -2.14. The minimum absolute atomic E-state index is 0.244. The molecule has 0 fully saturated rings. The molecular weight excluding hydrogens is 244 g/mol. The fourth-order valence-corrected chi connectivity index (χ4v) is 3.81. The Bertz CT molecular complexity index is 791. The predicted molar refractivity (Wildman–Crippen MR) is 74.5 cm³/mol. The molecule has 4 rings (SSSR count). The zero-order chi connectivity index (χ0) is 12.3. The number of fused-ring (bicyclic) bond motifs is 5. The van der Waals surface area contributed by atoms with Gasteiger partial charge in [-0.25, -0.2) is 4.98 Å². The van der Waals surface area contributed by atoms with E-state index in [0.29, 0.717) is 5.82 Å². The maximum Gasteiger partial charge on any atom is 0.223 e. The molecule has 18 heavy (non-hydrogen) atoms. The van der Waals surface area contributed by atoms with Crippen LogP contribution in [-0.4, -0.2) is 9.97 Å². The molecule has 1 aliphatic rings. The summed E-state index contributed by atoms with van der Waals surface area (Å²) in [5, 5.41) is 0.953. The number of nitrogens with two attached hydrogens (primary N) is 2. The van der Waals surface area contributed by atoms with E-state index in [9.17, 15) is 0 Å². The van der Waals surface area contributed by atoms with Crippen LogP contribution in [-0.2, 0) is 6.42 Å². The van der Waals surface area contributed by atoms with Crippen LogP contribution in [0.2, 0.25) is 0 Å². The van der Waals surface area contributed by atoms with E-state index in [4.69, 9.17) is 11.5 Å². The second-order valence-electron chi connectivity index (χ2n) is 4.38. The van der Waals surface area contributed by atoms with Crippen molar-refractivity contribution < 1.29 is 0 Å². The fraction of sp³-hybridized carbons (Fsp3) is 0.0769. The zero-order valence-corrected chi connectivity index (χ0v) is 10.3. The van der Waals surface area contributed by atoms with E-state index < -0.39 is 0 Å². The van der Waals surface area contributed by atoms with Crippen molar-refractivity contribution in [2.24, 2.45) is 0 Å². The first-order valence-electron chi connectivity index (χ1n) is 5.66. The molecule has 0 aliphatic heterocycles. The molecule has 0 atom stereocenters. The average molecular weight is 254 g/mol. The van der Waals surface area contributed by atoms with E-state index in [1.54, 1.807) is 11.3 Å². The van der Waals surface area contributed by atoms with Gasteiger partial charge in [-0.15, -0.1) is 11.3 Å². The Morgan fingerprint density at radius 3 is 2.83 bits per heavy atom. The zero-order valence-electron chi connectivity index (χ0n) is 9.47.